The van der Waals surface area contributed by atoms with Crippen molar-refractivity contribution in [3.63, 3.8) is 0 Å². The molecule has 0 spiro atoms. The Kier molecular flexibility index (Phi) is 5.00. The Bertz CT molecular complexity index is 776. The second-order valence-electron chi connectivity index (χ2n) is 6.40. The van der Waals surface area contributed by atoms with Gasteiger partial charge in [-0.3, -0.25) is 4.79 Å². The van der Waals surface area contributed by atoms with Crippen molar-refractivity contribution in [1.29, 1.82) is 5.26 Å². The van der Waals surface area contributed by atoms with Crippen LogP contribution in [0.3, 0.4) is 0 Å². The lowest BCUT2D eigenvalue weighted by atomic mass is 10.3. The minimum absolute atomic E-state index is 0.0704. The van der Waals surface area contributed by atoms with Crippen LogP contribution in [-0.2, 0) is 17.9 Å². The predicted octanol–water partition coefficient (Wildman–Crippen LogP) is 1.11. The third-order valence-corrected chi connectivity index (χ3v) is 4.06. The summed E-state index contributed by atoms with van der Waals surface area (Å²) in [6.45, 7) is 2.08. The zero-order chi connectivity index (χ0) is 17.8. The van der Waals surface area contributed by atoms with Crippen LogP contribution in [0.25, 0.3) is 0 Å². The number of amides is 1. The van der Waals surface area contributed by atoms with Crippen molar-refractivity contribution in [3.05, 3.63) is 47.9 Å². The quantitative estimate of drug-likeness (QED) is 0.834. The second kappa shape index (κ2) is 7.36. The van der Waals surface area contributed by atoms with Crippen molar-refractivity contribution in [2.45, 2.75) is 19.2 Å². The third kappa shape index (κ3) is 4.17. The summed E-state index contributed by atoms with van der Waals surface area (Å²) in [5.41, 5.74) is 1.58. The number of ether oxygens (including phenoxy) is 1. The molecule has 2 aromatic heterocycles. The van der Waals surface area contributed by atoms with Crippen LogP contribution in [-0.4, -0.2) is 58.5 Å². The van der Waals surface area contributed by atoms with Gasteiger partial charge < -0.3 is 19.1 Å². The molecule has 7 nitrogen and oxygen atoms in total. The maximum atomic E-state index is 12.5. The third-order valence-electron chi connectivity index (χ3n) is 4.06. The Hall–Kier alpha value is -2.85. The van der Waals surface area contributed by atoms with Gasteiger partial charge in [0, 0.05) is 24.2 Å². The molecule has 3 rings (SSSR count). The summed E-state index contributed by atoms with van der Waals surface area (Å²) in [6, 6.07) is 9.40. The topological polar surface area (TPSA) is 74.4 Å². The highest BCUT2D eigenvalue weighted by molar-refractivity contribution is 5.78. The first kappa shape index (κ1) is 17.0. The van der Waals surface area contributed by atoms with Crippen molar-refractivity contribution < 1.29 is 9.53 Å². The van der Waals surface area contributed by atoms with Gasteiger partial charge in [-0.2, -0.15) is 5.26 Å². The van der Waals surface area contributed by atoms with Gasteiger partial charge in [0.15, 0.2) is 0 Å². The summed E-state index contributed by atoms with van der Waals surface area (Å²) in [6.07, 6.45) is 3.28. The maximum absolute atomic E-state index is 12.5. The molecule has 0 saturated carbocycles. The van der Waals surface area contributed by atoms with Crippen LogP contribution in [0.5, 0.6) is 5.88 Å². The molecular weight excluding hydrogens is 318 g/mol. The molecular formula is C18H21N5O2. The van der Waals surface area contributed by atoms with Gasteiger partial charge in [0.1, 0.15) is 12.2 Å². The van der Waals surface area contributed by atoms with E-state index in [0.717, 1.165) is 5.69 Å². The molecule has 130 valence electrons. The summed E-state index contributed by atoms with van der Waals surface area (Å²) < 4.78 is 8.11. The highest BCUT2D eigenvalue weighted by Crippen LogP contribution is 2.18. The van der Waals surface area contributed by atoms with Crippen LogP contribution >= 0.6 is 0 Å². The fourth-order valence-electron chi connectivity index (χ4n) is 2.88. The van der Waals surface area contributed by atoms with Gasteiger partial charge >= 0.3 is 0 Å². The smallest absolute Gasteiger partial charge is 0.237 e. The van der Waals surface area contributed by atoms with E-state index in [1.165, 1.54) is 6.20 Å². The minimum atomic E-state index is -0.208. The number of carbonyl (C=O) groups is 1. The molecule has 2 aromatic rings. The Morgan fingerprint density at radius 2 is 2.24 bits per heavy atom. The first-order chi connectivity index (χ1) is 12.0. The van der Waals surface area contributed by atoms with Crippen molar-refractivity contribution in [1.82, 2.24) is 19.4 Å². The zero-order valence-corrected chi connectivity index (χ0v) is 14.4. The Morgan fingerprint density at radius 1 is 1.40 bits per heavy atom. The Morgan fingerprint density at radius 3 is 2.92 bits per heavy atom. The summed E-state index contributed by atoms with van der Waals surface area (Å²) in [5, 5.41) is 8.86. The molecule has 0 saturated heterocycles. The highest BCUT2D eigenvalue weighted by atomic mass is 16.5. The molecule has 0 aliphatic carbocycles. The molecule has 0 radical (unpaired) electrons. The zero-order valence-electron chi connectivity index (χ0n) is 14.4. The number of likely N-dealkylation sites (N-methyl/N-ethyl adjacent to an activating group) is 1. The first-order valence-corrected chi connectivity index (χ1v) is 8.14. The van der Waals surface area contributed by atoms with Crippen molar-refractivity contribution >= 4 is 5.91 Å². The summed E-state index contributed by atoms with van der Waals surface area (Å²) >= 11 is 0. The van der Waals surface area contributed by atoms with E-state index in [0.29, 0.717) is 37.6 Å². The number of fused-ring (bicyclic) bond motifs is 1. The van der Waals surface area contributed by atoms with Gasteiger partial charge in [0.2, 0.25) is 11.8 Å². The van der Waals surface area contributed by atoms with E-state index in [9.17, 15) is 4.79 Å². The minimum Gasteiger partial charge on any atom is -0.471 e. The second-order valence-corrected chi connectivity index (χ2v) is 6.40. The molecule has 1 atom stereocenters. The van der Waals surface area contributed by atoms with E-state index in [1.54, 1.807) is 12.1 Å². The van der Waals surface area contributed by atoms with E-state index in [4.69, 9.17) is 10.00 Å². The molecule has 0 fully saturated rings. The fourth-order valence-corrected chi connectivity index (χ4v) is 2.88. The molecule has 3 heterocycles. The predicted molar refractivity (Wildman–Crippen MR) is 91.8 cm³/mol. The SMILES string of the molecule is CN(C)CC(=O)N1Cc2cccn2C[C@H](Oc2ccc(C#N)cn2)C1. The maximum Gasteiger partial charge on any atom is 0.237 e. The van der Waals surface area contributed by atoms with E-state index in [-0.39, 0.29) is 12.0 Å². The summed E-state index contributed by atoms with van der Waals surface area (Å²) in [5.74, 6) is 0.528. The lowest BCUT2D eigenvalue weighted by Crippen LogP contribution is -2.42. The van der Waals surface area contributed by atoms with Gasteiger partial charge in [-0.15, -0.1) is 0 Å². The first-order valence-electron chi connectivity index (χ1n) is 8.14. The molecule has 0 unspecified atom stereocenters. The number of hydrogen-bond donors (Lipinski definition) is 0. The average molecular weight is 339 g/mol. The van der Waals surface area contributed by atoms with Crippen LogP contribution in [0, 0.1) is 11.3 Å². The highest BCUT2D eigenvalue weighted by Gasteiger charge is 2.26. The molecule has 0 N–H and O–H groups in total. The summed E-state index contributed by atoms with van der Waals surface area (Å²) in [4.78, 5) is 20.4. The van der Waals surface area contributed by atoms with Gasteiger partial charge in [-0.05, 0) is 32.3 Å². The lowest BCUT2D eigenvalue weighted by Gasteiger charge is -2.25. The van der Waals surface area contributed by atoms with E-state index >= 15 is 0 Å². The largest absolute Gasteiger partial charge is 0.471 e. The molecule has 7 heteroatoms. The molecule has 1 amide bonds. The van der Waals surface area contributed by atoms with Gasteiger partial charge in [0.05, 0.1) is 31.7 Å². The van der Waals surface area contributed by atoms with Gasteiger partial charge in [-0.25, -0.2) is 4.98 Å². The van der Waals surface area contributed by atoms with Crippen LogP contribution in [0.15, 0.2) is 36.7 Å². The van der Waals surface area contributed by atoms with Gasteiger partial charge in [0.25, 0.3) is 0 Å². The van der Waals surface area contributed by atoms with Crippen molar-refractivity contribution in [2.24, 2.45) is 0 Å². The van der Waals surface area contributed by atoms with Crippen LogP contribution in [0.1, 0.15) is 11.3 Å². The normalized spacial score (nSPS) is 16.9. The summed E-state index contributed by atoms with van der Waals surface area (Å²) in [7, 11) is 3.76. The van der Waals surface area contributed by atoms with E-state index in [2.05, 4.69) is 9.55 Å². The van der Waals surface area contributed by atoms with Crippen LogP contribution in [0.4, 0.5) is 0 Å². The average Bonchev–Trinajstić information content (AvgIpc) is 2.93. The number of carbonyl (C=O) groups excluding carboxylic acids is 1. The molecule has 1 aliphatic rings. The number of nitrogens with zero attached hydrogens (tertiary/aromatic N) is 5. The standard InChI is InChI=1S/C18H21N5O2/c1-21(2)13-18(24)23-10-15-4-3-7-22(15)11-16(12-23)25-17-6-5-14(8-19)9-20-17/h3-7,9,16H,10-13H2,1-2H3/t16-/m0/s1. The van der Waals surface area contributed by atoms with E-state index in [1.807, 2.05) is 48.3 Å². The monoisotopic (exact) mass is 339 g/mol. The van der Waals surface area contributed by atoms with Crippen molar-refractivity contribution in [2.75, 3.05) is 27.2 Å². The van der Waals surface area contributed by atoms with E-state index < -0.39 is 0 Å². The number of hydrogen-bond acceptors (Lipinski definition) is 5. The van der Waals surface area contributed by atoms with Gasteiger partial charge in [-0.1, -0.05) is 0 Å². The number of pyridine rings is 1. The number of nitriles is 1. The van der Waals surface area contributed by atoms with Crippen LogP contribution in [0.2, 0.25) is 0 Å². The molecule has 0 bridgehead atoms. The number of aromatic nitrogens is 2. The molecule has 25 heavy (non-hydrogen) atoms. The fraction of sp³-hybridized carbons (Fsp3) is 0.389. The Labute approximate surface area is 147 Å². The van der Waals surface area contributed by atoms with Crippen molar-refractivity contribution in [3.8, 4) is 11.9 Å². The molecule has 0 aromatic carbocycles. The lowest BCUT2D eigenvalue weighted by molar-refractivity contribution is -0.133. The number of rotatable bonds is 4. The molecule has 1 aliphatic heterocycles. The van der Waals surface area contributed by atoms with Crippen LogP contribution < -0.4 is 4.74 Å². The Balaban J connectivity index is 1.78.